The average molecular weight is 327 g/mol. The van der Waals surface area contributed by atoms with Gasteiger partial charge in [-0.15, -0.1) is 6.58 Å². The maximum atomic E-state index is 5.66. The quantitative estimate of drug-likeness (QED) is 0.305. The summed E-state index contributed by atoms with van der Waals surface area (Å²) >= 11 is 0. The van der Waals surface area contributed by atoms with Crippen LogP contribution in [0, 0.1) is 0 Å². The van der Waals surface area contributed by atoms with E-state index in [1.807, 2.05) is 48.5 Å². The second-order valence-electron chi connectivity index (χ2n) is 5.17. The largest absolute Gasteiger partial charge is 0.494 e. The van der Waals surface area contributed by atoms with E-state index in [9.17, 15) is 0 Å². The molecule has 0 aliphatic heterocycles. The van der Waals surface area contributed by atoms with Gasteiger partial charge in [0, 0.05) is 32.5 Å². The molecule has 5 heteroatoms. The second kappa shape index (κ2) is 10.9. The highest BCUT2D eigenvalue weighted by Crippen LogP contribution is 2.08. The van der Waals surface area contributed by atoms with E-state index in [1.165, 1.54) is 0 Å². The molecule has 0 aliphatic carbocycles. The summed E-state index contributed by atoms with van der Waals surface area (Å²) in [4.78, 5) is 4.55. The first-order valence-electron chi connectivity index (χ1n) is 8.22. The number of nitrogens with one attached hydrogen (secondary N) is 2. The van der Waals surface area contributed by atoms with E-state index in [4.69, 9.17) is 9.15 Å². The number of benzene rings is 1. The van der Waals surface area contributed by atoms with E-state index in [2.05, 4.69) is 22.2 Å². The molecule has 0 spiro atoms. The van der Waals surface area contributed by atoms with Crippen LogP contribution in [0.5, 0.6) is 5.75 Å². The number of para-hydroxylation sites is 1. The molecule has 0 radical (unpaired) electrons. The van der Waals surface area contributed by atoms with Gasteiger partial charge in [0.05, 0.1) is 12.9 Å². The van der Waals surface area contributed by atoms with Gasteiger partial charge in [-0.1, -0.05) is 24.3 Å². The predicted octanol–water partition coefficient (Wildman–Crippen LogP) is 3.01. The molecule has 5 nitrogen and oxygen atoms in total. The molecule has 1 aromatic heterocycles. The van der Waals surface area contributed by atoms with E-state index < -0.39 is 0 Å². The molecule has 128 valence electrons. The third kappa shape index (κ3) is 7.05. The summed E-state index contributed by atoms with van der Waals surface area (Å²) in [6.07, 6.45) is 5.17. The number of aliphatic imine (C=N–C) groups is 1. The lowest BCUT2D eigenvalue weighted by Gasteiger charge is -2.11. The molecule has 0 saturated carbocycles. The van der Waals surface area contributed by atoms with Crippen molar-refractivity contribution in [2.24, 2.45) is 4.99 Å². The van der Waals surface area contributed by atoms with E-state index in [1.54, 1.807) is 6.26 Å². The summed E-state index contributed by atoms with van der Waals surface area (Å²) < 4.78 is 11.0. The van der Waals surface area contributed by atoms with Crippen LogP contribution in [0.15, 0.2) is 70.8 Å². The van der Waals surface area contributed by atoms with Crippen LogP contribution >= 0.6 is 0 Å². The fourth-order valence-corrected chi connectivity index (χ4v) is 2.06. The number of furan rings is 1. The second-order valence-corrected chi connectivity index (χ2v) is 5.17. The number of hydrogen-bond acceptors (Lipinski definition) is 3. The van der Waals surface area contributed by atoms with Crippen molar-refractivity contribution in [3.8, 4) is 5.75 Å². The Bertz CT molecular complexity index is 594. The Morgan fingerprint density at radius 3 is 2.79 bits per heavy atom. The summed E-state index contributed by atoms with van der Waals surface area (Å²) in [5, 5.41) is 6.50. The lowest BCUT2D eigenvalue weighted by Crippen LogP contribution is -2.38. The van der Waals surface area contributed by atoms with Crippen molar-refractivity contribution in [2.45, 2.75) is 12.8 Å². The first kappa shape index (κ1) is 17.7. The predicted molar refractivity (Wildman–Crippen MR) is 97.5 cm³/mol. The Hall–Kier alpha value is -2.69. The molecule has 2 aromatic rings. The molecule has 1 heterocycles. The van der Waals surface area contributed by atoms with Gasteiger partial charge in [-0.3, -0.25) is 4.99 Å². The van der Waals surface area contributed by atoms with Crippen molar-refractivity contribution in [2.75, 3.05) is 26.2 Å². The smallest absolute Gasteiger partial charge is 0.191 e. The fourth-order valence-electron chi connectivity index (χ4n) is 2.06. The Kier molecular flexibility index (Phi) is 8.05. The molecule has 0 atom stereocenters. The van der Waals surface area contributed by atoms with Crippen molar-refractivity contribution in [3.63, 3.8) is 0 Å². The average Bonchev–Trinajstić information content (AvgIpc) is 3.13. The Labute approximate surface area is 143 Å². The number of rotatable bonds is 10. The van der Waals surface area contributed by atoms with Crippen LogP contribution < -0.4 is 15.4 Å². The van der Waals surface area contributed by atoms with Gasteiger partial charge in [-0.2, -0.15) is 0 Å². The van der Waals surface area contributed by atoms with E-state index in [-0.39, 0.29) is 0 Å². The molecule has 0 fully saturated rings. The van der Waals surface area contributed by atoms with Crippen LogP contribution in [0.25, 0.3) is 0 Å². The van der Waals surface area contributed by atoms with Crippen LogP contribution in [-0.2, 0) is 6.42 Å². The molecule has 2 N–H and O–H groups in total. The molecule has 0 unspecified atom stereocenters. The SMILES string of the molecule is C=CCNC(=NCCCOc1ccccc1)NCCc1ccco1. The summed E-state index contributed by atoms with van der Waals surface area (Å²) in [7, 11) is 0. The van der Waals surface area contributed by atoms with Gasteiger partial charge < -0.3 is 19.8 Å². The van der Waals surface area contributed by atoms with Gasteiger partial charge in [0.1, 0.15) is 11.5 Å². The maximum Gasteiger partial charge on any atom is 0.191 e. The maximum absolute atomic E-state index is 5.66. The van der Waals surface area contributed by atoms with Crippen LogP contribution in [0.2, 0.25) is 0 Å². The van der Waals surface area contributed by atoms with Crippen molar-refractivity contribution >= 4 is 5.96 Å². The number of nitrogens with zero attached hydrogens (tertiary/aromatic N) is 1. The minimum Gasteiger partial charge on any atom is -0.494 e. The normalized spacial score (nSPS) is 11.1. The zero-order valence-corrected chi connectivity index (χ0v) is 13.9. The lowest BCUT2D eigenvalue weighted by molar-refractivity contribution is 0.313. The molecule has 24 heavy (non-hydrogen) atoms. The number of hydrogen-bond donors (Lipinski definition) is 2. The summed E-state index contributed by atoms with van der Waals surface area (Å²) in [5.74, 6) is 2.63. The van der Waals surface area contributed by atoms with E-state index in [0.29, 0.717) is 19.7 Å². The fraction of sp³-hybridized carbons (Fsp3) is 0.316. The first-order valence-corrected chi connectivity index (χ1v) is 8.22. The molecule has 2 rings (SSSR count). The minimum absolute atomic E-state index is 0.647. The summed E-state index contributed by atoms with van der Waals surface area (Å²) in [5.41, 5.74) is 0. The molecule has 0 saturated heterocycles. The van der Waals surface area contributed by atoms with Gasteiger partial charge in [-0.25, -0.2) is 0 Å². The Morgan fingerprint density at radius 1 is 1.17 bits per heavy atom. The highest BCUT2D eigenvalue weighted by Gasteiger charge is 1.99. The molecule has 0 bridgehead atoms. The molecule has 1 aromatic carbocycles. The van der Waals surface area contributed by atoms with Gasteiger partial charge >= 0.3 is 0 Å². The van der Waals surface area contributed by atoms with Crippen molar-refractivity contribution in [1.29, 1.82) is 0 Å². The zero-order valence-electron chi connectivity index (χ0n) is 13.9. The van der Waals surface area contributed by atoms with E-state index >= 15 is 0 Å². The molecule has 0 aliphatic rings. The van der Waals surface area contributed by atoms with E-state index in [0.717, 1.165) is 36.9 Å². The standard InChI is InChI=1S/C19H25N3O2/c1-2-12-20-19(22-14-11-18-10-6-15-23-18)21-13-7-16-24-17-8-4-3-5-9-17/h2-6,8-10,15H,1,7,11-14,16H2,(H2,20,21,22). The summed E-state index contributed by atoms with van der Waals surface area (Å²) in [6, 6.07) is 13.7. The zero-order chi connectivity index (χ0) is 16.9. The Balaban J connectivity index is 1.67. The first-order chi connectivity index (χ1) is 11.9. The number of ether oxygens (including phenoxy) is 1. The topological polar surface area (TPSA) is 58.8 Å². The van der Waals surface area contributed by atoms with Crippen LogP contribution in [0.1, 0.15) is 12.2 Å². The molecular formula is C19H25N3O2. The van der Waals surface area contributed by atoms with Gasteiger partial charge in [0.25, 0.3) is 0 Å². The van der Waals surface area contributed by atoms with Crippen molar-refractivity contribution in [3.05, 3.63) is 67.1 Å². The monoisotopic (exact) mass is 327 g/mol. The van der Waals surface area contributed by atoms with Gasteiger partial charge in [0.2, 0.25) is 0 Å². The minimum atomic E-state index is 0.647. The summed E-state index contributed by atoms with van der Waals surface area (Å²) in [6.45, 7) is 6.49. The molecular weight excluding hydrogens is 302 g/mol. The van der Waals surface area contributed by atoms with Crippen molar-refractivity contribution < 1.29 is 9.15 Å². The Morgan fingerprint density at radius 2 is 2.04 bits per heavy atom. The highest BCUT2D eigenvalue weighted by atomic mass is 16.5. The van der Waals surface area contributed by atoms with Crippen LogP contribution in [0.4, 0.5) is 0 Å². The number of guanidine groups is 1. The van der Waals surface area contributed by atoms with Crippen LogP contribution in [-0.4, -0.2) is 32.2 Å². The van der Waals surface area contributed by atoms with Crippen LogP contribution in [0.3, 0.4) is 0 Å². The molecule has 0 amide bonds. The van der Waals surface area contributed by atoms with Gasteiger partial charge in [-0.05, 0) is 24.3 Å². The lowest BCUT2D eigenvalue weighted by atomic mass is 10.3. The third-order valence-electron chi connectivity index (χ3n) is 3.24. The van der Waals surface area contributed by atoms with Crippen molar-refractivity contribution in [1.82, 2.24) is 10.6 Å². The third-order valence-corrected chi connectivity index (χ3v) is 3.24. The highest BCUT2D eigenvalue weighted by molar-refractivity contribution is 5.79. The van der Waals surface area contributed by atoms with Gasteiger partial charge in [0.15, 0.2) is 5.96 Å².